The number of nitrogens with one attached hydrogen (secondary N) is 2. The maximum Gasteiger partial charge on any atom is 0.243 e. The molecule has 0 aliphatic carbocycles. The molecule has 0 radical (unpaired) electrons. The highest BCUT2D eigenvalue weighted by Crippen LogP contribution is 2.19. The zero-order valence-electron chi connectivity index (χ0n) is 15.9. The highest BCUT2D eigenvalue weighted by molar-refractivity contribution is 5.92. The van der Waals surface area contributed by atoms with Crippen LogP contribution in [-0.4, -0.2) is 29.7 Å². The first-order valence-corrected chi connectivity index (χ1v) is 9.05. The zero-order chi connectivity index (χ0) is 19.8. The molecule has 0 spiro atoms. The van der Waals surface area contributed by atoms with Gasteiger partial charge in [0.2, 0.25) is 11.8 Å². The molecule has 2 rings (SSSR count). The Labute approximate surface area is 160 Å². The molecule has 0 bridgehead atoms. The summed E-state index contributed by atoms with van der Waals surface area (Å²) in [5.74, 6) is -1.02. The summed E-state index contributed by atoms with van der Waals surface area (Å²) in [5.41, 5.74) is 1.90. The van der Waals surface area contributed by atoms with Crippen LogP contribution in [0.4, 0.5) is 0 Å². The molecule has 0 fully saturated rings. The second-order valence-corrected chi connectivity index (χ2v) is 6.74. The van der Waals surface area contributed by atoms with Gasteiger partial charge in [-0.3, -0.25) is 14.4 Å². The Morgan fingerprint density at radius 2 is 1.41 bits per heavy atom. The monoisotopic (exact) mass is 366 g/mol. The van der Waals surface area contributed by atoms with Crippen molar-refractivity contribution in [1.82, 2.24) is 10.6 Å². The van der Waals surface area contributed by atoms with Gasteiger partial charge in [-0.25, -0.2) is 0 Å². The first-order valence-electron chi connectivity index (χ1n) is 9.05. The molecule has 2 aromatic rings. The van der Waals surface area contributed by atoms with Gasteiger partial charge in [-0.2, -0.15) is 0 Å². The average molecular weight is 366 g/mol. The van der Waals surface area contributed by atoms with E-state index in [-0.39, 0.29) is 23.5 Å². The third kappa shape index (κ3) is 6.06. The first-order chi connectivity index (χ1) is 12.9. The number of carbonyl (C=O) groups is 3. The van der Waals surface area contributed by atoms with Crippen LogP contribution in [0.3, 0.4) is 0 Å². The molecule has 2 aromatic carbocycles. The molecule has 0 aromatic heterocycles. The quantitative estimate of drug-likeness (QED) is 0.754. The minimum Gasteiger partial charge on any atom is -0.344 e. The van der Waals surface area contributed by atoms with E-state index in [1.165, 1.54) is 13.8 Å². The third-order valence-corrected chi connectivity index (χ3v) is 4.56. The number of rotatable bonds is 8. The van der Waals surface area contributed by atoms with Crippen molar-refractivity contribution in [2.45, 2.75) is 45.2 Å². The maximum atomic E-state index is 12.9. The number of carbonyl (C=O) groups excluding carboxylic acids is 3. The Bertz CT molecular complexity index is 775. The molecular formula is C22H26N2O3. The van der Waals surface area contributed by atoms with E-state index in [0.717, 1.165) is 11.1 Å². The molecule has 2 amide bonds. The van der Waals surface area contributed by atoms with Crippen molar-refractivity contribution in [1.29, 1.82) is 0 Å². The van der Waals surface area contributed by atoms with E-state index in [1.54, 1.807) is 0 Å². The average Bonchev–Trinajstić information content (AvgIpc) is 2.66. The van der Waals surface area contributed by atoms with Crippen LogP contribution >= 0.6 is 0 Å². The molecule has 3 atom stereocenters. The predicted molar refractivity (Wildman–Crippen MR) is 105 cm³/mol. The van der Waals surface area contributed by atoms with Crippen LogP contribution in [0.2, 0.25) is 0 Å². The van der Waals surface area contributed by atoms with Gasteiger partial charge in [0.25, 0.3) is 0 Å². The molecule has 2 N–H and O–H groups in total. The highest BCUT2D eigenvalue weighted by atomic mass is 16.2. The molecule has 0 aliphatic rings. The van der Waals surface area contributed by atoms with E-state index in [1.807, 2.05) is 67.6 Å². The Morgan fingerprint density at radius 3 is 1.93 bits per heavy atom. The molecular weight excluding hydrogens is 340 g/mol. The summed E-state index contributed by atoms with van der Waals surface area (Å²) in [6.45, 7) is 4.72. The zero-order valence-corrected chi connectivity index (χ0v) is 15.9. The van der Waals surface area contributed by atoms with E-state index in [0.29, 0.717) is 6.42 Å². The summed E-state index contributed by atoms with van der Waals surface area (Å²) in [6.07, 6.45) is 0.411. The van der Waals surface area contributed by atoms with E-state index in [4.69, 9.17) is 0 Å². The lowest BCUT2D eigenvalue weighted by molar-refractivity contribution is -0.131. The molecule has 0 saturated heterocycles. The SMILES string of the molecule is CC(=O)N[C@H](C(=O)N[C@@H](Cc1ccccc1)C(C)=O)[C@H](C)c1ccccc1. The van der Waals surface area contributed by atoms with Gasteiger partial charge in [-0.05, 0) is 24.5 Å². The minimum absolute atomic E-state index is 0.124. The van der Waals surface area contributed by atoms with Crippen molar-refractivity contribution in [2.24, 2.45) is 0 Å². The summed E-state index contributed by atoms with van der Waals surface area (Å²) in [6, 6.07) is 17.6. The number of ketones is 1. The molecule has 5 heteroatoms. The highest BCUT2D eigenvalue weighted by Gasteiger charge is 2.29. The van der Waals surface area contributed by atoms with Crippen molar-refractivity contribution < 1.29 is 14.4 Å². The van der Waals surface area contributed by atoms with E-state index < -0.39 is 12.1 Å². The summed E-state index contributed by atoms with van der Waals surface area (Å²) in [5, 5.41) is 5.54. The van der Waals surface area contributed by atoms with E-state index >= 15 is 0 Å². The Hall–Kier alpha value is -2.95. The minimum atomic E-state index is -0.762. The topological polar surface area (TPSA) is 75.3 Å². The molecule has 27 heavy (non-hydrogen) atoms. The summed E-state index contributed by atoms with van der Waals surface area (Å²) >= 11 is 0. The van der Waals surface area contributed by atoms with Crippen molar-refractivity contribution in [3.8, 4) is 0 Å². The second-order valence-electron chi connectivity index (χ2n) is 6.74. The largest absolute Gasteiger partial charge is 0.344 e. The van der Waals surface area contributed by atoms with Gasteiger partial charge < -0.3 is 10.6 Å². The number of hydrogen-bond acceptors (Lipinski definition) is 3. The summed E-state index contributed by atoms with van der Waals surface area (Å²) < 4.78 is 0. The van der Waals surface area contributed by atoms with Crippen molar-refractivity contribution in [3.05, 3.63) is 71.8 Å². The summed E-state index contributed by atoms with van der Waals surface area (Å²) in [7, 11) is 0. The Balaban J connectivity index is 2.17. The van der Waals surface area contributed by atoms with Crippen LogP contribution in [-0.2, 0) is 20.8 Å². The van der Waals surface area contributed by atoms with Gasteiger partial charge in [0, 0.05) is 12.8 Å². The molecule has 0 aliphatic heterocycles. The Kier molecular flexibility index (Phi) is 7.29. The first kappa shape index (κ1) is 20.4. The third-order valence-electron chi connectivity index (χ3n) is 4.56. The van der Waals surface area contributed by atoms with Crippen molar-refractivity contribution in [2.75, 3.05) is 0 Å². The van der Waals surface area contributed by atoms with Crippen molar-refractivity contribution in [3.63, 3.8) is 0 Å². The molecule has 5 nitrogen and oxygen atoms in total. The van der Waals surface area contributed by atoms with Gasteiger partial charge in [0.05, 0.1) is 6.04 Å². The predicted octanol–water partition coefficient (Wildman–Crippen LogP) is 2.61. The number of hydrogen-bond donors (Lipinski definition) is 2. The fourth-order valence-corrected chi connectivity index (χ4v) is 2.99. The molecule has 0 saturated carbocycles. The number of amides is 2. The fraction of sp³-hybridized carbons (Fsp3) is 0.318. The van der Waals surface area contributed by atoms with Crippen LogP contribution in [0, 0.1) is 0 Å². The lowest BCUT2D eigenvalue weighted by atomic mass is 9.92. The molecule has 0 unspecified atom stereocenters. The van der Waals surface area contributed by atoms with Gasteiger partial charge in [0.1, 0.15) is 6.04 Å². The van der Waals surface area contributed by atoms with Crippen molar-refractivity contribution >= 4 is 17.6 Å². The number of benzene rings is 2. The lowest BCUT2D eigenvalue weighted by Crippen LogP contribution is -2.53. The normalized spacial score (nSPS) is 13.9. The van der Waals surface area contributed by atoms with Gasteiger partial charge >= 0.3 is 0 Å². The van der Waals surface area contributed by atoms with E-state index in [9.17, 15) is 14.4 Å². The molecule has 142 valence electrons. The van der Waals surface area contributed by atoms with Crippen LogP contribution < -0.4 is 10.6 Å². The number of Topliss-reactive ketones (excluding diaryl/α,β-unsaturated/α-hetero) is 1. The second kappa shape index (κ2) is 9.67. The molecule has 0 heterocycles. The fourth-order valence-electron chi connectivity index (χ4n) is 2.99. The van der Waals surface area contributed by atoms with Crippen LogP contribution in [0.5, 0.6) is 0 Å². The van der Waals surface area contributed by atoms with Crippen LogP contribution in [0.25, 0.3) is 0 Å². The van der Waals surface area contributed by atoms with Gasteiger partial charge in [0.15, 0.2) is 5.78 Å². The maximum absolute atomic E-state index is 12.9. The van der Waals surface area contributed by atoms with Crippen LogP contribution in [0.1, 0.15) is 37.8 Å². The Morgan fingerprint density at radius 1 is 0.852 bits per heavy atom. The smallest absolute Gasteiger partial charge is 0.243 e. The lowest BCUT2D eigenvalue weighted by Gasteiger charge is -2.26. The van der Waals surface area contributed by atoms with Gasteiger partial charge in [-0.15, -0.1) is 0 Å². The van der Waals surface area contributed by atoms with Crippen LogP contribution in [0.15, 0.2) is 60.7 Å². The summed E-state index contributed by atoms with van der Waals surface area (Å²) in [4.78, 5) is 36.6. The standard InChI is InChI=1S/C22H26N2O3/c1-15(19-12-8-5-9-13-19)21(23-17(3)26)22(27)24-20(16(2)25)14-18-10-6-4-7-11-18/h4-13,15,20-21H,14H2,1-3H3,(H,23,26)(H,24,27)/t15-,20+,21+/m1/s1. The van der Waals surface area contributed by atoms with E-state index in [2.05, 4.69) is 10.6 Å². The van der Waals surface area contributed by atoms with Gasteiger partial charge in [-0.1, -0.05) is 67.6 Å².